The molecule has 170 valence electrons. The Labute approximate surface area is 190 Å². The largest absolute Gasteiger partial charge is 0.383 e. The van der Waals surface area contributed by atoms with E-state index in [0.717, 1.165) is 12.0 Å². The van der Waals surface area contributed by atoms with Gasteiger partial charge in [0.05, 0.1) is 12.4 Å². The minimum atomic E-state index is -0.691. The third-order valence-corrected chi connectivity index (χ3v) is 6.35. The number of hydrogen-bond acceptors (Lipinski definition) is 6. The molecule has 3 N–H and O–H groups in total. The number of aromatic nitrogens is 2. The maximum atomic E-state index is 13.1. The Hall–Kier alpha value is -2.23. The van der Waals surface area contributed by atoms with Crippen LogP contribution in [0.2, 0.25) is 5.02 Å². The lowest BCUT2D eigenvalue weighted by Gasteiger charge is -2.25. The highest BCUT2D eigenvalue weighted by molar-refractivity contribution is 8.00. The molecule has 0 aliphatic rings. The molecule has 0 bridgehead atoms. The van der Waals surface area contributed by atoms with Gasteiger partial charge in [-0.2, -0.15) is 0 Å². The molecule has 1 heterocycles. The molecule has 0 fully saturated rings. The number of rotatable bonds is 11. The Morgan fingerprint density at radius 3 is 2.71 bits per heavy atom. The second kappa shape index (κ2) is 12.0. The van der Waals surface area contributed by atoms with E-state index in [1.54, 1.807) is 6.07 Å². The molecule has 0 aliphatic carbocycles. The third-order valence-electron chi connectivity index (χ3n) is 4.84. The first-order valence-corrected chi connectivity index (χ1v) is 11.5. The number of nitrogens with one attached hydrogen (secondary N) is 1. The fourth-order valence-electron chi connectivity index (χ4n) is 3.09. The summed E-state index contributed by atoms with van der Waals surface area (Å²) in [7, 11) is 1.51. The molecule has 1 amide bonds. The number of H-pyrrole nitrogens is 1. The van der Waals surface area contributed by atoms with Crippen molar-refractivity contribution in [3.05, 3.63) is 55.7 Å². The number of methoxy groups -OCH3 is 1. The number of halogens is 1. The van der Waals surface area contributed by atoms with Crippen molar-refractivity contribution in [2.75, 3.05) is 36.6 Å². The average Bonchev–Trinajstić information content (AvgIpc) is 2.74. The van der Waals surface area contributed by atoms with E-state index < -0.39 is 11.2 Å². The number of nitrogens with zero attached hydrogens (tertiary/aromatic N) is 2. The number of carbonyl (C=O) groups is 1. The number of amides is 1. The van der Waals surface area contributed by atoms with Crippen LogP contribution < -0.4 is 21.9 Å². The summed E-state index contributed by atoms with van der Waals surface area (Å²) in [4.78, 5) is 41.5. The number of nitrogen functional groups attached to an aromatic ring is 1. The molecule has 0 saturated carbocycles. The SMILES string of the molecule is CCCCn1c(N)c(N(CCOC)C(=O)CSC(C)c2ccccc2Cl)c(=O)[nH]c1=O. The zero-order valence-electron chi connectivity index (χ0n) is 18.0. The lowest BCUT2D eigenvalue weighted by atomic mass is 10.2. The van der Waals surface area contributed by atoms with Crippen LogP contribution in [-0.2, 0) is 16.1 Å². The van der Waals surface area contributed by atoms with Crippen LogP contribution in [0.3, 0.4) is 0 Å². The van der Waals surface area contributed by atoms with Crippen LogP contribution >= 0.6 is 23.4 Å². The molecule has 2 aromatic rings. The molecule has 0 aliphatic heterocycles. The summed E-state index contributed by atoms with van der Waals surface area (Å²) in [5.74, 6) is -0.224. The number of ether oxygens (including phenoxy) is 1. The van der Waals surface area contributed by atoms with Gasteiger partial charge in [0.15, 0.2) is 5.69 Å². The van der Waals surface area contributed by atoms with Crippen LogP contribution in [0.15, 0.2) is 33.9 Å². The topological polar surface area (TPSA) is 110 Å². The van der Waals surface area contributed by atoms with Gasteiger partial charge in [-0.25, -0.2) is 4.79 Å². The first kappa shape index (κ1) is 25.0. The van der Waals surface area contributed by atoms with E-state index in [2.05, 4.69) is 4.98 Å². The van der Waals surface area contributed by atoms with Crippen molar-refractivity contribution in [3.8, 4) is 0 Å². The monoisotopic (exact) mass is 468 g/mol. The van der Waals surface area contributed by atoms with Crippen LogP contribution in [0.4, 0.5) is 11.5 Å². The highest BCUT2D eigenvalue weighted by Crippen LogP contribution is 2.33. The second-order valence-corrected chi connectivity index (χ2v) is 8.75. The summed E-state index contributed by atoms with van der Waals surface area (Å²) in [6, 6.07) is 7.47. The summed E-state index contributed by atoms with van der Waals surface area (Å²) in [5.41, 5.74) is 5.82. The number of unbranched alkanes of at least 4 members (excludes halogenated alkanes) is 1. The quantitative estimate of drug-likeness (QED) is 0.524. The minimum absolute atomic E-state index is 0.0178. The predicted molar refractivity (Wildman–Crippen MR) is 127 cm³/mol. The van der Waals surface area contributed by atoms with Crippen molar-refractivity contribution in [2.45, 2.75) is 38.5 Å². The molecule has 0 radical (unpaired) electrons. The van der Waals surface area contributed by atoms with Gasteiger partial charge in [0.1, 0.15) is 5.82 Å². The Morgan fingerprint density at radius 2 is 2.06 bits per heavy atom. The van der Waals surface area contributed by atoms with E-state index in [-0.39, 0.29) is 41.6 Å². The average molecular weight is 469 g/mol. The smallest absolute Gasteiger partial charge is 0.330 e. The van der Waals surface area contributed by atoms with E-state index >= 15 is 0 Å². The number of thioether (sulfide) groups is 1. The van der Waals surface area contributed by atoms with Gasteiger partial charge in [0.2, 0.25) is 5.91 Å². The summed E-state index contributed by atoms with van der Waals surface area (Å²) < 4.78 is 6.41. The van der Waals surface area contributed by atoms with Crippen LogP contribution in [0.5, 0.6) is 0 Å². The minimum Gasteiger partial charge on any atom is -0.383 e. The molecule has 10 heteroatoms. The van der Waals surface area contributed by atoms with Crippen molar-refractivity contribution < 1.29 is 9.53 Å². The van der Waals surface area contributed by atoms with Gasteiger partial charge in [-0.05, 0) is 25.0 Å². The van der Waals surface area contributed by atoms with Crippen molar-refractivity contribution in [1.29, 1.82) is 0 Å². The highest BCUT2D eigenvalue weighted by atomic mass is 35.5. The lowest BCUT2D eigenvalue weighted by molar-refractivity contribution is -0.116. The maximum absolute atomic E-state index is 13.1. The van der Waals surface area contributed by atoms with Crippen molar-refractivity contribution in [2.24, 2.45) is 0 Å². The Morgan fingerprint density at radius 1 is 1.35 bits per heavy atom. The van der Waals surface area contributed by atoms with Crippen molar-refractivity contribution in [3.63, 3.8) is 0 Å². The van der Waals surface area contributed by atoms with Crippen LogP contribution in [0, 0.1) is 0 Å². The molecule has 0 spiro atoms. The van der Waals surface area contributed by atoms with E-state index in [1.807, 2.05) is 32.0 Å². The van der Waals surface area contributed by atoms with Gasteiger partial charge in [-0.1, -0.05) is 43.1 Å². The van der Waals surface area contributed by atoms with Crippen molar-refractivity contribution in [1.82, 2.24) is 9.55 Å². The predicted octanol–water partition coefficient (Wildman–Crippen LogP) is 3.05. The molecule has 1 unspecified atom stereocenters. The van der Waals surface area contributed by atoms with Gasteiger partial charge < -0.3 is 15.4 Å². The number of nitrogens with two attached hydrogens (primary N) is 1. The third kappa shape index (κ3) is 6.38. The van der Waals surface area contributed by atoms with E-state index in [4.69, 9.17) is 22.1 Å². The molecule has 1 atom stereocenters. The molecule has 8 nitrogen and oxygen atoms in total. The molecule has 2 rings (SSSR count). The number of hydrogen-bond donors (Lipinski definition) is 2. The number of aromatic amines is 1. The lowest BCUT2D eigenvalue weighted by Crippen LogP contribution is -2.43. The number of anilines is 2. The molecule has 1 aromatic heterocycles. The molecule has 0 saturated heterocycles. The standard InChI is InChI=1S/C21H29ClN4O4S/c1-4-5-10-26-19(23)18(20(28)24-21(26)29)25(11-12-30-3)17(27)13-31-14(2)15-8-6-7-9-16(15)22/h6-9,14H,4-5,10-13,23H2,1-3H3,(H,24,28,29). The van der Waals surface area contributed by atoms with Gasteiger partial charge in [0.25, 0.3) is 5.56 Å². The molecule has 31 heavy (non-hydrogen) atoms. The van der Waals surface area contributed by atoms with Crippen LogP contribution in [-0.4, -0.2) is 41.5 Å². The van der Waals surface area contributed by atoms with Crippen molar-refractivity contribution >= 4 is 40.8 Å². The molecule has 1 aromatic carbocycles. The normalized spacial score (nSPS) is 12.0. The number of carbonyl (C=O) groups excluding carboxylic acids is 1. The zero-order valence-corrected chi connectivity index (χ0v) is 19.6. The first-order chi connectivity index (χ1) is 14.8. The fourth-order valence-corrected chi connectivity index (χ4v) is 4.39. The Kier molecular flexibility index (Phi) is 9.67. The summed E-state index contributed by atoms with van der Waals surface area (Å²) in [6.07, 6.45) is 1.57. The van der Waals surface area contributed by atoms with Crippen LogP contribution in [0.25, 0.3) is 0 Å². The van der Waals surface area contributed by atoms with E-state index in [0.29, 0.717) is 18.0 Å². The number of benzene rings is 1. The van der Waals surface area contributed by atoms with Gasteiger partial charge >= 0.3 is 5.69 Å². The Balaban J connectivity index is 2.30. The molecular formula is C21H29ClN4O4S. The first-order valence-electron chi connectivity index (χ1n) is 10.1. The fraction of sp³-hybridized carbons (Fsp3) is 0.476. The van der Waals surface area contributed by atoms with Gasteiger partial charge in [0, 0.05) is 30.5 Å². The summed E-state index contributed by atoms with van der Waals surface area (Å²) in [6.45, 7) is 4.65. The van der Waals surface area contributed by atoms with E-state index in [1.165, 1.54) is 28.3 Å². The highest BCUT2D eigenvalue weighted by Gasteiger charge is 2.25. The van der Waals surface area contributed by atoms with Gasteiger partial charge in [-0.3, -0.25) is 19.1 Å². The second-order valence-electron chi connectivity index (χ2n) is 7.01. The Bertz CT molecular complexity index is 1010. The van der Waals surface area contributed by atoms with E-state index in [9.17, 15) is 14.4 Å². The maximum Gasteiger partial charge on any atom is 0.330 e. The summed E-state index contributed by atoms with van der Waals surface area (Å²) >= 11 is 7.66. The summed E-state index contributed by atoms with van der Waals surface area (Å²) in [5, 5.41) is 0.603. The zero-order chi connectivity index (χ0) is 23.0. The van der Waals surface area contributed by atoms with Gasteiger partial charge in [-0.15, -0.1) is 11.8 Å². The van der Waals surface area contributed by atoms with Crippen LogP contribution in [0.1, 0.15) is 37.5 Å². The molecular weight excluding hydrogens is 440 g/mol.